The van der Waals surface area contributed by atoms with Crippen molar-refractivity contribution in [2.24, 2.45) is 0 Å². The number of methoxy groups -OCH3 is 1. The smallest absolute Gasteiger partial charge is 0.273 e. The van der Waals surface area contributed by atoms with E-state index in [2.05, 4.69) is 5.10 Å². The van der Waals surface area contributed by atoms with E-state index in [1.165, 1.54) is 4.52 Å². The Hall–Kier alpha value is -3.34. The Labute approximate surface area is 150 Å². The number of aryl methyl sites for hydroxylation is 2. The van der Waals surface area contributed by atoms with Gasteiger partial charge < -0.3 is 4.74 Å². The fourth-order valence-electron chi connectivity index (χ4n) is 3.25. The lowest BCUT2D eigenvalue weighted by molar-refractivity contribution is 0.415. The van der Waals surface area contributed by atoms with Crippen LogP contribution in [0.3, 0.4) is 0 Å². The Bertz CT molecular complexity index is 1150. The van der Waals surface area contributed by atoms with Gasteiger partial charge in [-0.3, -0.25) is 9.89 Å². The van der Waals surface area contributed by atoms with E-state index in [0.29, 0.717) is 11.3 Å². The van der Waals surface area contributed by atoms with Crippen LogP contribution in [0.2, 0.25) is 0 Å². The number of hydrogen-bond donors (Lipinski definition) is 1. The van der Waals surface area contributed by atoms with Crippen LogP contribution in [0.4, 0.5) is 0 Å². The van der Waals surface area contributed by atoms with Crippen molar-refractivity contribution in [1.29, 1.82) is 0 Å². The first-order valence-corrected chi connectivity index (χ1v) is 8.41. The lowest BCUT2D eigenvalue weighted by atomic mass is 10.0. The molecule has 0 aliphatic carbocycles. The second-order valence-electron chi connectivity index (χ2n) is 6.29. The Morgan fingerprint density at radius 2 is 1.77 bits per heavy atom. The van der Waals surface area contributed by atoms with Crippen molar-refractivity contribution in [3.05, 3.63) is 76.2 Å². The topological polar surface area (TPSA) is 59.4 Å². The summed E-state index contributed by atoms with van der Waals surface area (Å²) in [6, 6.07) is 17.3. The molecule has 26 heavy (non-hydrogen) atoms. The molecule has 5 nitrogen and oxygen atoms in total. The maximum atomic E-state index is 12.7. The zero-order chi connectivity index (χ0) is 18.3. The third-order valence-electron chi connectivity index (χ3n) is 4.60. The second-order valence-corrected chi connectivity index (χ2v) is 6.29. The summed E-state index contributed by atoms with van der Waals surface area (Å²) in [6.45, 7) is 3.96. The summed E-state index contributed by atoms with van der Waals surface area (Å²) in [7, 11) is 1.64. The molecule has 0 aliphatic rings. The van der Waals surface area contributed by atoms with Gasteiger partial charge >= 0.3 is 0 Å². The van der Waals surface area contributed by atoms with Gasteiger partial charge in [0, 0.05) is 22.9 Å². The average Bonchev–Trinajstić information content (AvgIpc) is 2.99. The molecule has 130 valence electrons. The second kappa shape index (κ2) is 6.19. The zero-order valence-electron chi connectivity index (χ0n) is 14.9. The van der Waals surface area contributed by atoms with Gasteiger partial charge in [0.2, 0.25) is 0 Å². The van der Waals surface area contributed by atoms with E-state index < -0.39 is 0 Å². The van der Waals surface area contributed by atoms with Crippen LogP contribution in [0, 0.1) is 13.8 Å². The van der Waals surface area contributed by atoms with E-state index in [9.17, 15) is 4.79 Å². The van der Waals surface area contributed by atoms with Gasteiger partial charge in [0.05, 0.1) is 12.8 Å². The molecule has 1 N–H and O–H groups in total. The highest BCUT2D eigenvalue weighted by molar-refractivity contribution is 5.81. The number of aromatic amines is 1. The minimum Gasteiger partial charge on any atom is -0.497 e. The number of aromatic nitrogens is 3. The fourth-order valence-corrected chi connectivity index (χ4v) is 3.25. The molecule has 0 saturated heterocycles. The van der Waals surface area contributed by atoms with Crippen molar-refractivity contribution in [2.75, 3.05) is 7.11 Å². The number of benzene rings is 2. The molecule has 0 amide bonds. The van der Waals surface area contributed by atoms with Gasteiger partial charge in [-0.2, -0.15) is 0 Å². The molecule has 4 rings (SSSR count). The molecule has 2 aromatic carbocycles. The van der Waals surface area contributed by atoms with Crippen LogP contribution in [0.1, 0.15) is 11.3 Å². The summed E-state index contributed by atoms with van der Waals surface area (Å²) < 4.78 is 6.73. The molecule has 2 aromatic heterocycles. The lowest BCUT2D eigenvalue weighted by Crippen LogP contribution is -2.14. The first kappa shape index (κ1) is 16.1. The highest BCUT2D eigenvalue weighted by atomic mass is 16.5. The molecule has 0 aliphatic heterocycles. The molecule has 0 bridgehead atoms. The third-order valence-corrected chi connectivity index (χ3v) is 4.60. The van der Waals surface area contributed by atoms with Crippen LogP contribution in [0.5, 0.6) is 5.75 Å². The SMILES string of the molecule is COc1ccc(-c2c(C)[nH]n3c(=O)cc(-c4ccccc4C)nc23)cc1. The van der Waals surface area contributed by atoms with Gasteiger partial charge in [-0.25, -0.2) is 9.50 Å². The summed E-state index contributed by atoms with van der Waals surface area (Å²) in [6.07, 6.45) is 0. The van der Waals surface area contributed by atoms with E-state index >= 15 is 0 Å². The van der Waals surface area contributed by atoms with Crippen LogP contribution in [0.15, 0.2) is 59.4 Å². The Kier molecular flexibility index (Phi) is 3.84. The van der Waals surface area contributed by atoms with Crippen molar-refractivity contribution >= 4 is 5.65 Å². The number of fused-ring (bicyclic) bond motifs is 1. The predicted molar refractivity (Wildman–Crippen MR) is 103 cm³/mol. The standard InChI is InChI=1S/C21H19N3O2/c1-13-6-4-5-7-17(13)18-12-19(25)24-21(22-18)20(14(2)23-24)15-8-10-16(26-3)11-9-15/h4-12,23H,1-3H3. The van der Waals surface area contributed by atoms with Crippen LogP contribution in [-0.4, -0.2) is 21.7 Å². The quantitative estimate of drug-likeness (QED) is 0.611. The molecule has 0 radical (unpaired) electrons. The summed E-state index contributed by atoms with van der Waals surface area (Å²) in [5, 5.41) is 3.13. The molecule has 0 spiro atoms. The van der Waals surface area contributed by atoms with E-state index in [4.69, 9.17) is 9.72 Å². The van der Waals surface area contributed by atoms with Crippen LogP contribution in [-0.2, 0) is 0 Å². The number of hydrogen-bond acceptors (Lipinski definition) is 3. The number of nitrogens with one attached hydrogen (secondary N) is 1. The van der Waals surface area contributed by atoms with Crippen molar-refractivity contribution in [3.63, 3.8) is 0 Å². The Morgan fingerprint density at radius 1 is 1.04 bits per heavy atom. The molecular weight excluding hydrogens is 326 g/mol. The Morgan fingerprint density at radius 3 is 2.46 bits per heavy atom. The van der Waals surface area contributed by atoms with E-state index in [1.54, 1.807) is 13.2 Å². The molecule has 2 heterocycles. The number of nitrogens with zero attached hydrogens (tertiary/aromatic N) is 2. The fraction of sp³-hybridized carbons (Fsp3) is 0.143. The molecular formula is C21H19N3O2. The lowest BCUT2D eigenvalue weighted by Gasteiger charge is -2.06. The summed E-state index contributed by atoms with van der Waals surface area (Å²) in [5.41, 5.74) is 6.02. The van der Waals surface area contributed by atoms with Gasteiger partial charge in [-0.1, -0.05) is 36.4 Å². The average molecular weight is 345 g/mol. The highest BCUT2D eigenvalue weighted by Crippen LogP contribution is 2.29. The summed E-state index contributed by atoms with van der Waals surface area (Å²) in [5.74, 6) is 0.789. The minimum atomic E-state index is -0.129. The van der Waals surface area contributed by atoms with E-state index in [-0.39, 0.29) is 5.56 Å². The minimum absolute atomic E-state index is 0.129. The monoisotopic (exact) mass is 345 g/mol. The van der Waals surface area contributed by atoms with Crippen molar-refractivity contribution in [1.82, 2.24) is 14.6 Å². The largest absolute Gasteiger partial charge is 0.497 e. The molecule has 0 atom stereocenters. The maximum absolute atomic E-state index is 12.7. The van der Waals surface area contributed by atoms with Gasteiger partial charge in [0.1, 0.15) is 5.75 Å². The van der Waals surface area contributed by atoms with Crippen molar-refractivity contribution in [2.45, 2.75) is 13.8 Å². The van der Waals surface area contributed by atoms with Crippen molar-refractivity contribution < 1.29 is 4.74 Å². The molecule has 0 saturated carbocycles. The van der Waals surface area contributed by atoms with Crippen molar-refractivity contribution in [3.8, 4) is 28.1 Å². The Balaban J connectivity index is 1.98. The molecule has 5 heteroatoms. The van der Waals surface area contributed by atoms with Crippen LogP contribution >= 0.6 is 0 Å². The van der Waals surface area contributed by atoms with Gasteiger partial charge in [-0.05, 0) is 37.1 Å². The number of ether oxygens (including phenoxy) is 1. The first-order chi connectivity index (χ1) is 12.6. The third kappa shape index (κ3) is 2.58. The maximum Gasteiger partial charge on any atom is 0.273 e. The van der Waals surface area contributed by atoms with E-state index in [1.807, 2.05) is 62.4 Å². The van der Waals surface area contributed by atoms with Gasteiger partial charge in [0.15, 0.2) is 5.65 Å². The molecule has 0 fully saturated rings. The van der Waals surface area contributed by atoms with Gasteiger partial charge in [-0.15, -0.1) is 0 Å². The molecule has 4 aromatic rings. The summed E-state index contributed by atoms with van der Waals surface area (Å²) >= 11 is 0. The first-order valence-electron chi connectivity index (χ1n) is 8.41. The van der Waals surface area contributed by atoms with Gasteiger partial charge in [0.25, 0.3) is 5.56 Å². The number of H-pyrrole nitrogens is 1. The predicted octanol–water partition coefficient (Wildman–Crippen LogP) is 3.98. The van der Waals surface area contributed by atoms with Crippen LogP contribution in [0.25, 0.3) is 28.0 Å². The van der Waals surface area contributed by atoms with Crippen LogP contribution < -0.4 is 10.3 Å². The normalized spacial score (nSPS) is 11.0. The highest BCUT2D eigenvalue weighted by Gasteiger charge is 2.16. The van der Waals surface area contributed by atoms with E-state index in [0.717, 1.165) is 33.7 Å². The number of rotatable bonds is 3. The zero-order valence-corrected chi connectivity index (χ0v) is 14.9. The summed E-state index contributed by atoms with van der Waals surface area (Å²) in [4.78, 5) is 17.5. The molecule has 0 unspecified atom stereocenters.